The van der Waals surface area contributed by atoms with Gasteiger partial charge in [-0.15, -0.1) is 0 Å². The van der Waals surface area contributed by atoms with Gasteiger partial charge < -0.3 is 4.89 Å². The van der Waals surface area contributed by atoms with Crippen molar-refractivity contribution in [3.8, 4) is 0 Å². The molecule has 2 N–H and O–H groups in total. The first-order chi connectivity index (χ1) is 4.14. The van der Waals surface area contributed by atoms with Gasteiger partial charge >= 0.3 is 7.82 Å². The van der Waals surface area contributed by atoms with Crippen LogP contribution in [0.15, 0.2) is 0 Å². The molecule has 1 heterocycles. The van der Waals surface area contributed by atoms with Gasteiger partial charge in [-0.05, 0) is 7.05 Å². The second-order valence-electron chi connectivity index (χ2n) is 1.65. The normalized spacial score (nSPS) is 43.6. The lowest BCUT2D eigenvalue weighted by molar-refractivity contribution is 0.189. The zero-order valence-corrected chi connectivity index (χ0v) is 5.80. The summed E-state index contributed by atoms with van der Waals surface area (Å²) in [5.74, 6) is 0. The standard InChI is InChI=1S/C3H8NO4P/c1-4-3-2-7-9(5,6)8-3/h3-4H,2H2,1H3,(H,5,6). The van der Waals surface area contributed by atoms with Crippen molar-refractivity contribution in [1.29, 1.82) is 0 Å². The van der Waals surface area contributed by atoms with Gasteiger partial charge in [-0.25, -0.2) is 4.57 Å². The Labute approximate surface area is 52.6 Å². The van der Waals surface area contributed by atoms with E-state index in [2.05, 4.69) is 14.4 Å². The van der Waals surface area contributed by atoms with Crippen molar-refractivity contribution >= 4 is 7.82 Å². The maximum Gasteiger partial charge on any atom is 0.473 e. The minimum atomic E-state index is -3.68. The molecule has 0 spiro atoms. The van der Waals surface area contributed by atoms with Crippen LogP contribution in [-0.2, 0) is 13.6 Å². The first-order valence-electron chi connectivity index (χ1n) is 2.47. The fourth-order valence-electron chi connectivity index (χ4n) is 0.520. The van der Waals surface area contributed by atoms with Crippen LogP contribution in [0.3, 0.4) is 0 Å². The van der Waals surface area contributed by atoms with Crippen LogP contribution >= 0.6 is 7.82 Å². The highest BCUT2D eigenvalue weighted by Gasteiger charge is 2.33. The molecule has 1 saturated heterocycles. The van der Waals surface area contributed by atoms with Crippen LogP contribution in [0.5, 0.6) is 0 Å². The maximum absolute atomic E-state index is 10.5. The molecular formula is C3H8NO4P. The first-order valence-corrected chi connectivity index (χ1v) is 3.96. The van der Waals surface area contributed by atoms with E-state index in [4.69, 9.17) is 4.89 Å². The Kier molecular flexibility index (Phi) is 1.88. The SMILES string of the molecule is CNC1COP(=O)(O)O1. The summed E-state index contributed by atoms with van der Waals surface area (Å²) in [6, 6.07) is 0. The summed E-state index contributed by atoms with van der Waals surface area (Å²) in [6.45, 7) is 0.129. The molecule has 0 amide bonds. The van der Waals surface area contributed by atoms with Gasteiger partial charge in [0, 0.05) is 0 Å². The van der Waals surface area contributed by atoms with E-state index in [1.54, 1.807) is 7.05 Å². The van der Waals surface area contributed by atoms with Gasteiger partial charge in [0.2, 0.25) is 0 Å². The van der Waals surface area contributed by atoms with E-state index in [0.29, 0.717) is 0 Å². The third-order valence-corrected chi connectivity index (χ3v) is 1.97. The summed E-state index contributed by atoms with van der Waals surface area (Å²) < 4.78 is 19.3. The summed E-state index contributed by atoms with van der Waals surface area (Å²) >= 11 is 0. The summed E-state index contributed by atoms with van der Waals surface area (Å²) in [4.78, 5) is 8.57. The third-order valence-electron chi connectivity index (χ3n) is 0.971. The lowest BCUT2D eigenvalue weighted by Gasteiger charge is -2.02. The number of nitrogens with one attached hydrogen (secondary N) is 1. The number of phosphoric acid groups is 1. The molecule has 0 aromatic carbocycles. The van der Waals surface area contributed by atoms with E-state index in [0.717, 1.165) is 0 Å². The van der Waals surface area contributed by atoms with E-state index in [1.807, 2.05) is 0 Å². The van der Waals surface area contributed by atoms with Crippen molar-refractivity contribution in [1.82, 2.24) is 5.32 Å². The van der Waals surface area contributed by atoms with Crippen LogP contribution in [-0.4, -0.2) is 24.8 Å². The number of hydrogen-bond acceptors (Lipinski definition) is 4. The van der Waals surface area contributed by atoms with Gasteiger partial charge in [0.15, 0.2) is 0 Å². The largest absolute Gasteiger partial charge is 0.473 e. The van der Waals surface area contributed by atoms with Crippen molar-refractivity contribution in [2.75, 3.05) is 13.7 Å². The summed E-state index contributed by atoms with van der Waals surface area (Å²) in [5.41, 5.74) is 0. The molecule has 0 aromatic rings. The minimum absolute atomic E-state index is 0.129. The quantitative estimate of drug-likeness (QED) is 0.505. The van der Waals surface area contributed by atoms with Crippen LogP contribution in [0.4, 0.5) is 0 Å². The molecule has 2 unspecified atom stereocenters. The van der Waals surface area contributed by atoms with E-state index in [1.165, 1.54) is 0 Å². The Balaban J connectivity index is 2.47. The van der Waals surface area contributed by atoms with E-state index < -0.39 is 14.1 Å². The highest BCUT2D eigenvalue weighted by molar-refractivity contribution is 7.47. The number of hydrogen-bond donors (Lipinski definition) is 2. The van der Waals surface area contributed by atoms with Crippen molar-refractivity contribution in [2.24, 2.45) is 0 Å². The molecule has 0 aliphatic carbocycles. The molecule has 1 aliphatic rings. The van der Waals surface area contributed by atoms with Gasteiger partial charge in [-0.3, -0.25) is 14.4 Å². The molecule has 1 rings (SSSR count). The van der Waals surface area contributed by atoms with Gasteiger partial charge in [0.1, 0.15) is 6.23 Å². The van der Waals surface area contributed by atoms with Crippen LogP contribution in [0.1, 0.15) is 0 Å². The zero-order chi connectivity index (χ0) is 6.91. The number of phosphoric ester groups is 1. The molecule has 6 heteroatoms. The number of rotatable bonds is 1. The van der Waals surface area contributed by atoms with Crippen LogP contribution in [0, 0.1) is 0 Å². The van der Waals surface area contributed by atoms with Crippen molar-refractivity contribution in [3.63, 3.8) is 0 Å². The molecule has 0 saturated carbocycles. The predicted octanol–water partition coefficient (Wildman–Crippen LogP) is -0.321. The fraction of sp³-hybridized carbons (Fsp3) is 1.00. The van der Waals surface area contributed by atoms with Crippen LogP contribution < -0.4 is 5.32 Å². The third kappa shape index (κ3) is 1.74. The second kappa shape index (κ2) is 2.36. The lowest BCUT2D eigenvalue weighted by Crippen LogP contribution is -2.25. The molecule has 5 nitrogen and oxygen atoms in total. The first kappa shape index (κ1) is 7.18. The number of likely N-dealkylation sites (N-methyl/N-ethyl adjacent to an activating group) is 1. The van der Waals surface area contributed by atoms with Gasteiger partial charge in [-0.1, -0.05) is 0 Å². The molecule has 54 valence electrons. The molecule has 0 radical (unpaired) electrons. The molecule has 2 atom stereocenters. The average molecular weight is 153 g/mol. The Morgan fingerprint density at radius 3 is 2.78 bits per heavy atom. The molecule has 0 bridgehead atoms. The highest BCUT2D eigenvalue weighted by Crippen LogP contribution is 2.48. The molecule has 1 fully saturated rings. The van der Waals surface area contributed by atoms with Crippen molar-refractivity contribution in [2.45, 2.75) is 6.23 Å². The highest BCUT2D eigenvalue weighted by atomic mass is 31.2. The Morgan fingerprint density at radius 1 is 1.89 bits per heavy atom. The van der Waals surface area contributed by atoms with E-state index >= 15 is 0 Å². The zero-order valence-electron chi connectivity index (χ0n) is 4.90. The van der Waals surface area contributed by atoms with Gasteiger partial charge in [0.05, 0.1) is 6.61 Å². The lowest BCUT2D eigenvalue weighted by atomic mass is 10.6. The monoisotopic (exact) mass is 153 g/mol. The molecule has 1 aliphatic heterocycles. The predicted molar refractivity (Wildman–Crippen MR) is 29.7 cm³/mol. The van der Waals surface area contributed by atoms with Crippen molar-refractivity contribution in [3.05, 3.63) is 0 Å². The summed E-state index contributed by atoms with van der Waals surface area (Å²) in [5, 5.41) is 2.64. The minimum Gasteiger partial charge on any atom is -0.302 e. The summed E-state index contributed by atoms with van der Waals surface area (Å²) in [7, 11) is -2.05. The average Bonchev–Trinajstić information content (AvgIpc) is 2.10. The van der Waals surface area contributed by atoms with Gasteiger partial charge in [0.25, 0.3) is 0 Å². The van der Waals surface area contributed by atoms with E-state index in [9.17, 15) is 4.57 Å². The van der Waals surface area contributed by atoms with Crippen LogP contribution in [0.25, 0.3) is 0 Å². The van der Waals surface area contributed by atoms with E-state index in [-0.39, 0.29) is 6.61 Å². The Morgan fingerprint density at radius 2 is 2.56 bits per heavy atom. The van der Waals surface area contributed by atoms with Gasteiger partial charge in [-0.2, -0.15) is 0 Å². The molecule has 0 aromatic heterocycles. The second-order valence-corrected chi connectivity index (χ2v) is 3.05. The molecular weight excluding hydrogens is 145 g/mol. The summed E-state index contributed by atoms with van der Waals surface area (Å²) in [6.07, 6.45) is -0.444. The molecule has 9 heavy (non-hydrogen) atoms. The topological polar surface area (TPSA) is 67.8 Å². The maximum atomic E-state index is 10.5. The fourth-order valence-corrected chi connectivity index (χ4v) is 1.39. The Bertz CT molecular complexity index is 149. The van der Waals surface area contributed by atoms with Crippen LogP contribution in [0.2, 0.25) is 0 Å². The Hall–Kier alpha value is 0.0700. The smallest absolute Gasteiger partial charge is 0.302 e. The van der Waals surface area contributed by atoms with Crippen molar-refractivity contribution < 1.29 is 18.5 Å².